The van der Waals surface area contributed by atoms with Crippen LogP contribution in [0.3, 0.4) is 0 Å². The van der Waals surface area contributed by atoms with Crippen molar-refractivity contribution in [3.63, 3.8) is 0 Å². The number of ether oxygens (including phenoxy) is 1. The second-order valence-corrected chi connectivity index (χ2v) is 4.46. The summed E-state index contributed by atoms with van der Waals surface area (Å²) < 4.78 is 4.63. The molecule has 0 unspecified atom stereocenters. The Morgan fingerprint density at radius 2 is 1.64 bits per heavy atom. The average Bonchev–Trinajstić information content (AvgIpc) is 2.59. The van der Waals surface area contributed by atoms with Crippen LogP contribution in [0.4, 0.5) is 0 Å². The zero-order chi connectivity index (χ0) is 15.8. The summed E-state index contributed by atoms with van der Waals surface area (Å²) >= 11 is 0. The fraction of sp³-hybridized carbons (Fsp3) is 0.0526. The van der Waals surface area contributed by atoms with E-state index in [4.69, 9.17) is 0 Å². The molecular weight excluding hydrogens is 276 g/mol. The van der Waals surface area contributed by atoms with Gasteiger partial charge in [0.2, 0.25) is 0 Å². The monoisotopic (exact) mass is 290 g/mol. The van der Waals surface area contributed by atoms with Crippen molar-refractivity contribution < 1.29 is 14.3 Å². The molecule has 0 aromatic heterocycles. The maximum Gasteiger partial charge on any atom is 0.337 e. The Balaban J connectivity index is 2.02. The van der Waals surface area contributed by atoms with Gasteiger partial charge in [-0.25, -0.2) is 4.79 Å². The zero-order valence-electron chi connectivity index (χ0n) is 12.1. The van der Waals surface area contributed by atoms with Gasteiger partial charge in [-0.05, 0) is 42.0 Å². The maximum absolute atomic E-state index is 11.3. The molecule has 2 aromatic carbocycles. The number of esters is 1. The first-order valence-electron chi connectivity index (χ1n) is 6.64. The van der Waals surface area contributed by atoms with Crippen LogP contribution in [0.25, 0.3) is 6.08 Å². The number of carbonyl (C=O) groups is 2. The number of aldehydes is 1. The summed E-state index contributed by atoms with van der Waals surface area (Å²) in [6.07, 6.45) is 4.42. The molecule has 0 aliphatic carbocycles. The molecule has 3 nitrogen and oxygen atoms in total. The minimum atomic E-state index is -0.363. The highest BCUT2D eigenvalue weighted by Gasteiger charge is 2.02. The van der Waals surface area contributed by atoms with Gasteiger partial charge in [-0.1, -0.05) is 36.1 Å². The number of hydrogen-bond acceptors (Lipinski definition) is 3. The van der Waals surface area contributed by atoms with E-state index in [1.807, 2.05) is 18.2 Å². The first-order chi connectivity index (χ1) is 10.7. The van der Waals surface area contributed by atoms with Gasteiger partial charge in [0.05, 0.1) is 12.7 Å². The summed E-state index contributed by atoms with van der Waals surface area (Å²) in [7, 11) is 1.35. The van der Waals surface area contributed by atoms with Gasteiger partial charge in [0.25, 0.3) is 0 Å². The van der Waals surface area contributed by atoms with Crippen molar-refractivity contribution in [3.05, 3.63) is 76.9 Å². The minimum absolute atomic E-state index is 0.363. The van der Waals surface area contributed by atoms with Gasteiger partial charge in [0.1, 0.15) is 6.29 Å². The lowest BCUT2D eigenvalue weighted by Gasteiger charge is -1.97. The first kappa shape index (κ1) is 15.3. The van der Waals surface area contributed by atoms with E-state index in [1.54, 1.807) is 42.5 Å². The number of carbonyl (C=O) groups excluding carboxylic acids is 2. The Bertz CT molecular complexity index is 742. The molecule has 2 aromatic rings. The molecule has 0 fully saturated rings. The van der Waals surface area contributed by atoms with Crippen LogP contribution in [0.15, 0.2) is 54.6 Å². The maximum atomic E-state index is 11.3. The lowest BCUT2D eigenvalue weighted by atomic mass is 10.1. The number of benzene rings is 2. The number of hydrogen-bond donors (Lipinski definition) is 0. The second kappa shape index (κ2) is 7.61. The molecule has 0 amide bonds. The van der Waals surface area contributed by atoms with E-state index in [1.165, 1.54) is 7.11 Å². The van der Waals surface area contributed by atoms with Crippen molar-refractivity contribution in [2.45, 2.75) is 0 Å². The molecule has 0 spiro atoms. The standard InChI is InChI=1S/C19H14O3/c1-22-19(21)18-12-10-16(11-13-18)5-3-2-4-15-6-8-17(14-20)9-7-15/h2,4,6-14H,1H3/b4-2+. The Morgan fingerprint density at radius 1 is 1.00 bits per heavy atom. The van der Waals surface area contributed by atoms with Crippen LogP contribution in [0.2, 0.25) is 0 Å². The normalized spacial score (nSPS) is 9.86. The summed E-state index contributed by atoms with van der Waals surface area (Å²) in [5, 5.41) is 0. The molecule has 0 heterocycles. The van der Waals surface area contributed by atoms with Crippen LogP contribution in [0.5, 0.6) is 0 Å². The summed E-state index contributed by atoms with van der Waals surface area (Å²) in [5.74, 6) is 5.54. The van der Waals surface area contributed by atoms with Gasteiger partial charge in [0.15, 0.2) is 0 Å². The highest BCUT2D eigenvalue weighted by Crippen LogP contribution is 2.06. The molecule has 3 heteroatoms. The molecule has 108 valence electrons. The van der Waals surface area contributed by atoms with Crippen LogP contribution >= 0.6 is 0 Å². The van der Waals surface area contributed by atoms with E-state index >= 15 is 0 Å². The largest absolute Gasteiger partial charge is 0.465 e. The van der Waals surface area contributed by atoms with Crippen molar-refractivity contribution in [3.8, 4) is 11.8 Å². The highest BCUT2D eigenvalue weighted by atomic mass is 16.5. The summed E-state index contributed by atoms with van der Waals surface area (Å²) in [6, 6.07) is 14.1. The molecule has 0 saturated carbocycles. The van der Waals surface area contributed by atoms with Gasteiger partial charge in [-0.2, -0.15) is 0 Å². The third-order valence-corrected chi connectivity index (χ3v) is 2.95. The second-order valence-electron chi connectivity index (χ2n) is 4.46. The fourth-order valence-electron chi connectivity index (χ4n) is 1.76. The van der Waals surface area contributed by atoms with Crippen LogP contribution in [0.1, 0.15) is 31.8 Å². The van der Waals surface area contributed by atoms with Crippen molar-refractivity contribution in [1.29, 1.82) is 0 Å². The molecule has 0 aliphatic heterocycles. The van der Waals surface area contributed by atoms with Crippen molar-refractivity contribution in [2.75, 3.05) is 7.11 Å². The molecule has 22 heavy (non-hydrogen) atoms. The highest BCUT2D eigenvalue weighted by molar-refractivity contribution is 5.89. The third-order valence-electron chi connectivity index (χ3n) is 2.95. The Morgan fingerprint density at radius 3 is 2.23 bits per heavy atom. The Labute approximate surface area is 129 Å². The predicted octanol–water partition coefficient (Wildman–Crippen LogP) is 3.35. The van der Waals surface area contributed by atoms with Crippen LogP contribution in [-0.2, 0) is 4.74 Å². The van der Waals surface area contributed by atoms with Gasteiger partial charge >= 0.3 is 5.97 Å². The first-order valence-corrected chi connectivity index (χ1v) is 6.64. The van der Waals surface area contributed by atoms with Crippen LogP contribution in [-0.4, -0.2) is 19.4 Å². The number of methoxy groups -OCH3 is 1. The molecule has 0 bridgehead atoms. The quantitative estimate of drug-likeness (QED) is 0.494. The van der Waals surface area contributed by atoms with Crippen molar-refractivity contribution >= 4 is 18.3 Å². The van der Waals surface area contributed by atoms with Gasteiger partial charge in [-0.3, -0.25) is 4.79 Å². The molecule has 0 atom stereocenters. The number of rotatable bonds is 3. The Kier molecular flexibility index (Phi) is 5.28. The fourth-order valence-corrected chi connectivity index (χ4v) is 1.76. The van der Waals surface area contributed by atoms with E-state index in [9.17, 15) is 9.59 Å². The van der Waals surface area contributed by atoms with E-state index in [2.05, 4.69) is 16.6 Å². The molecule has 0 radical (unpaired) electrons. The van der Waals surface area contributed by atoms with E-state index in [0.29, 0.717) is 11.1 Å². The van der Waals surface area contributed by atoms with Gasteiger partial charge in [-0.15, -0.1) is 0 Å². The zero-order valence-corrected chi connectivity index (χ0v) is 12.1. The van der Waals surface area contributed by atoms with Crippen molar-refractivity contribution in [2.24, 2.45) is 0 Å². The predicted molar refractivity (Wildman–Crippen MR) is 85.5 cm³/mol. The van der Waals surface area contributed by atoms with Crippen LogP contribution < -0.4 is 0 Å². The molecular formula is C19H14O3. The SMILES string of the molecule is COC(=O)c1ccc(C#C/C=C/c2ccc(C=O)cc2)cc1. The van der Waals surface area contributed by atoms with E-state index in [0.717, 1.165) is 17.4 Å². The summed E-state index contributed by atoms with van der Waals surface area (Å²) in [5.41, 5.74) is 2.93. The van der Waals surface area contributed by atoms with Crippen molar-refractivity contribution in [1.82, 2.24) is 0 Å². The molecule has 0 aliphatic rings. The summed E-state index contributed by atoms with van der Waals surface area (Å²) in [4.78, 5) is 21.8. The molecule has 0 saturated heterocycles. The smallest absolute Gasteiger partial charge is 0.337 e. The van der Waals surface area contributed by atoms with Gasteiger partial charge in [0, 0.05) is 11.1 Å². The molecule has 0 N–H and O–H groups in total. The Hall–Kier alpha value is -3.12. The summed E-state index contributed by atoms with van der Waals surface area (Å²) in [6.45, 7) is 0. The van der Waals surface area contributed by atoms with Gasteiger partial charge < -0.3 is 4.74 Å². The average molecular weight is 290 g/mol. The van der Waals surface area contributed by atoms with Crippen LogP contribution in [0, 0.1) is 11.8 Å². The minimum Gasteiger partial charge on any atom is -0.465 e. The topological polar surface area (TPSA) is 43.4 Å². The van der Waals surface area contributed by atoms with E-state index in [-0.39, 0.29) is 5.97 Å². The number of allylic oxidation sites excluding steroid dienone is 1. The lowest BCUT2D eigenvalue weighted by molar-refractivity contribution is 0.0600. The molecule has 2 rings (SSSR count). The van der Waals surface area contributed by atoms with E-state index < -0.39 is 0 Å². The third kappa shape index (κ3) is 4.19. The lowest BCUT2D eigenvalue weighted by Crippen LogP contribution is -2.00.